The zero-order valence-corrected chi connectivity index (χ0v) is 11.9. The minimum absolute atomic E-state index is 0. The van der Waals surface area contributed by atoms with E-state index in [1.807, 2.05) is 18.2 Å². The molecule has 0 radical (unpaired) electrons. The first-order valence-corrected chi connectivity index (χ1v) is 6.41. The van der Waals surface area contributed by atoms with E-state index in [0.29, 0.717) is 25.7 Å². The van der Waals surface area contributed by atoms with Crippen LogP contribution in [0.15, 0.2) is 30.3 Å². The number of carbonyl (C=O) groups is 1. The Morgan fingerprint density at radius 2 is 2.21 bits per heavy atom. The first-order chi connectivity index (χ1) is 8.77. The normalized spacial score (nSPS) is 20.2. The smallest absolute Gasteiger partial charge is 0.239 e. The predicted octanol–water partition coefficient (Wildman–Crippen LogP) is 1.32. The van der Waals surface area contributed by atoms with Crippen molar-refractivity contribution in [3.63, 3.8) is 0 Å². The van der Waals surface area contributed by atoms with Crippen molar-refractivity contribution in [1.82, 2.24) is 10.6 Å². The van der Waals surface area contributed by atoms with Crippen LogP contribution in [0, 0.1) is 0 Å². The number of carbonyl (C=O) groups excluding carboxylic acids is 1. The highest BCUT2D eigenvalue weighted by Crippen LogP contribution is 2.12. The quantitative estimate of drug-likeness (QED) is 0.877. The van der Waals surface area contributed by atoms with Gasteiger partial charge in [0.2, 0.25) is 5.91 Å². The van der Waals surface area contributed by atoms with E-state index in [1.165, 1.54) is 5.56 Å². The molecule has 4 nitrogen and oxygen atoms in total. The topological polar surface area (TPSA) is 50.4 Å². The summed E-state index contributed by atoms with van der Waals surface area (Å²) in [5.74, 6) is 0.345. The molecule has 1 saturated heterocycles. The van der Waals surface area contributed by atoms with Crippen LogP contribution in [-0.2, 0) is 9.53 Å². The Balaban J connectivity index is 0.00000180. The molecule has 19 heavy (non-hydrogen) atoms. The first kappa shape index (κ1) is 16.0. The number of halogens is 1. The molecule has 1 aliphatic rings. The summed E-state index contributed by atoms with van der Waals surface area (Å²) in [6, 6.07) is 9.99. The number of benzene rings is 1. The highest BCUT2D eigenvalue weighted by molar-refractivity contribution is 5.85. The van der Waals surface area contributed by atoms with Gasteiger partial charge in [-0.3, -0.25) is 4.79 Å². The summed E-state index contributed by atoms with van der Waals surface area (Å²) in [5.41, 5.74) is 1.24. The highest BCUT2D eigenvalue weighted by atomic mass is 35.5. The lowest BCUT2D eigenvalue weighted by molar-refractivity contribution is -0.125. The van der Waals surface area contributed by atoms with E-state index in [1.54, 1.807) is 0 Å². The van der Waals surface area contributed by atoms with Gasteiger partial charge in [0.15, 0.2) is 0 Å². The zero-order valence-electron chi connectivity index (χ0n) is 11.1. The van der Waals surface area contributed by atoms with Gasteiger partial charge in [0.25, 0.3) is 0 Å². The lowest BCUT2D eigenvalue weighted by Crippen LogP contribution is -2.51. The summed E-state index contributed by atoms with van der Waals surface area (Å²) in [6.07, 6.45) is 0. The molecule has 1 amide bonds. The van der Waals surface area contributed by atoms with Gasteiger partial charge in [-0.25, -0.2) is 0 Å². The molecule has 2 N–H and O–H groups in total. The lowest BCUT2D eigenvalue weighted by atomic mass is 10.0. The van der Waals surface area contributed by atoms with Crippen molar-refractivity contribution >= 4 is 18.3 Å². The third kappa shape index (κ3) is 4.82. The van der Waals surface area contributed by atoms with Crippen molar-refractivity contribution in [3.05, 3.63) is 35.9 Å². The number of amides is 1. The van der Waals surface area contributed by atoms with Gasteiger partial charge in [0.1, 0.15) is 6.04 Å². The monoisotopic (exact) mass is 284 g/mol. The second-order valence-corrected chi connectivity index (χ2v) is 4.64. The number of hydrogen-bond donors (Lipinski definition) is 2. The molecule has 0 aromatic heterocycles. The van der Waals surface area contributed by atoms with E-state index in [0.717, 1.165) is 6.54 Å². The summed E-state index contributed by atoms with van der Waals surface area (Å²) in [7, 11) is 0. The molecule has 0 aliphatic carbocycles. The molecule has 106 valence electrons. The van der Waals surface area contributed by atoms with E-state index in [-0.39, 0.29) is 24.4 Å². The van der Waals surface area contributed by atoms with Crippen LogP contribution in [0.2, 0.25) is 0 Å². The number of rotatable bonds is 4. The molecule has 1 aromatic carbocycles. The average Bonchev–Trinajstić information content (AvgIpc) is 2.46. The molecule has 1 heterocycles. The number of nitrogens with one attached hydrogen (secondary N) is 2. The molecule has 2 atom stereocenters. The molecular formula is C14H21ClN2O2. The number of ether oxygens (including phenoxy) is 1. The Hall–Kier alpha value is -1.10. The molecule has 0 bridgehead atoms. The van der Waals surface area contributed by atoms with Gasteiger partial charge in [0.05, 0.1) is 13.2 Å². The Morgan fingerprint density at radius 1 is 1.47 bits per heavy atom. The highest BCUT2D eigenvalue weighted by Gasteiger charge is 2.21. The van der Waals surface area contributed by atoms with Crippen LogP contribution in [0.1, 0.15) is 18.4 Å². The van der Waals surface area contributed by atoms with Crippen LogP contribution in [0.5, 0.6) is 0 Å². The van der Waals surface area contributed by atoms with Crippen molar-refractivity contribution in [2.45, 2.75) is 18.9 Å². The van der Waals surface area contributed by atoms with Crippen molar-refractivity contribution in [2.24, 2.45) is 0 Å². The van der Waals surface area contributed by atoms with Gasteiger partial charge >= 0.3 is 0 Å². The summed E-state index contributed by atoms with van der Waals surface area (Å²) in [6.45, 7) is 4.66. The molecule has 1 aliphatic heterocycles. The molecule has 1 fully saturated rings. The summed E-state index contributed by atoms with van der Waals surface area (Å²) in [5, 5.41) is 6.11. The number of hydrogen-bond acceptors (Lipinski definition) is 3. The molecule has 0 spiro atoms. The largest absolute Gasteiger partial charge is 0.378 e. The van der Waals surface area contributed by atoms with Crippen molar-refractivity contribution in [1.29, 1.82) is 0 Å². The van der Waals surface area contributed by atoms with Crippen molar-refractivity contribution < 1.29 is 9.53 Å². The van der Waals surface area contributed by atoms with Crippen LogP contribution in [-0.4, -0.2) is 38.3 Å². The van der Waals surface area contributed by atoms with Crippen molar-refractivity contribution in [2.75, 3.05) is 26.3 Å². The van der Waals surface area contributed by atoms with Crippen LogP contribution in [0.3, 0.4) is 0 Å². The SMILES string of the molecule is CC(CNC(=O)C1COCCN1)c1ccccc1.Cl. The Bertz CT molecular complexity index is 380. The first-order valence-electron chi connectivity index (χ1n) is 6.41. The Labute approximate surface area is 120 Å². The van der Waals surface area contributed by atoms with E-state index in [4.69, 9.17) is 4.74 Å². The molecular weight excluding hydrogens is 264 g/mol. The minimum atomic E-state index is -0.207. The average molecular weight is 285 g/mol. The third-order valence-electron chi connectivity index (χ3n) is 3.19. The van der Waals surface area contributed by atoms with E-state index in [9.17, 15) is 4.79 Å². The van der Waals surface area contributed by atoms with Crippen LogP contribution in [0.25, 0.3) is 0 Å². The van der Waals surface area contributed by atoms with Crippen LogP contribution in [0.4, 0.5) is 0 Å². The maximum Gasteiger partial charge on any atom is 0.239 e. The maximum absolute atomic E-state index is 11.9. The summed E-state index contributed by atoms with van der Waals surface area (Å²) in [4.78, 5) is 11.9. The van der Waals surface area contributed by atoms with Gasteiger partial charge in [-0.2, -0.15) is 0 Å². The van der Waals surface area contributed by atoms with E-state index in [2.05, 4.69) is 29.7 Å². The van der Waals surface area contributed by atoms with Crippen LogP contribution < -0.4 is 10.6 Å². The molecule has 0 saturated carbocycles. The predicted molar refractivity (Wildman–Crippen MR) is 77.7 cm³/mol. The fourth-order valence-electron chi connectivity index (χ4n) is 2.01. The summed E-state index contributed by atoms with van der Waals surface area (Å²) >= 11 is 0. The van der Waals surface area contributed by atoms with Gasteiger partial charge in [-0.15, -0.1) is 12.4 Å². The second-order valence-electron chi connectivity index (χ2n) is 4.64. The summed E-state index contributed by atoms with van der Waals surface area (Å²) < 4.78 is 5.27. The molecule has 2 rings (SSSR count). The van der Waals surface area contributed by atoms with E-state index >= 15 is 0 Å². The molecule has 5 heteroatoms. The Kier molecular flexibility index (Phi) is 6.84. The Morgan fingerprint density at radius 3 is 2.84 bits per heavy atom. The van der Waals surface area contributed by atoms with Crippen LogP contribution >= 0.6 is 12.4 Å². The zero-order chi connectivity index (χ0) is 12.8. The minimum Gasteiger partial charge on any atom is -0.378 e. The van der Waals surface area contributed by atoms with Gasteiger partial charge in [-0.1, -0.05) is 37.3 Å². The lowest BCUT2D eigenvalue weighted by Gasteiger charge is -2.23. The molecule has 2 unspecified atom stereocenters. The number of morpholine rings is 1. The molecule has 1 aromatic rings. The maximum atomic E-state index is 11.9. The van der Waals surface area contributed by atoms with Gasteiger partial charge in [-0.05, 0) is 11.5 Å². The van der Waals surface area contributed by atoms with Gasteiger partial charge < -0.3 is 15.4 Å². The standard InChI is InChI=1S/C14H20N2O2.ClH/c1-11(12-5-3-2-4-6-12)9-16-14(17)13-10-18-8-7-15-13;/h2-6,11,13,15H,7-10H2,1H3,(H,16,17);1H. The van der Waals surface area contributed by atoms with E-state index < -0.39 is 0 Å². The fraction of sp³-hybridized carbons (Fsp3) is 0.500. The second kappa shape index (κ2) is 8.15. The fourth-order valence-corrected chi connectivity index (χ4v) is 2.01. The van der Waals surface area contributed by atoms with Crippen molar-refractivity contribution in [3.8, 4) is 0 Å². The third-order valence-corrected chi connectivity index (χ3v) is 3.19. The van der Waals surface area contributed by atoms with Gasteiger partial charge in [0, 0.05) is 13.1 Å².